The summed E-state index contributed by atoms with van der Waals surface area (Å²) in [6.07, 6.45) is 0. The molecule has 0 fully saturated rings. The molecule has 0 radical (unpaired) electrons. The van der Waals surface area contributed by atoms with Crippen LogP contribution < -0.4 is 9.64 Å². The van der Waals surface area contributed by atoms with Gasteiger partial charge in [0.1, 0.15) is 5.75 Å². The van der Waals surface area contributed by atoms with Crippen molar-refractivity contribution in [1.82, 2.24) is 0 Å². The van der Waals surface area contributed by atoms with E-state index in [-0.39, 0.29) is 0 Å². The number of rotatable bonds is 7. The zero-order chi connectivity index (χ0) is 37.3. The second kappa shape index (κ2) is 14.4. The quantitative estimate of drug-likeness (QED) is 0.163. The molecule has 1 aliphatic heterocycles. The van der Waals surface area contributed by atoms with Crippen molar-refractivity contribution in [3.63, 3.8) is 0 Å². The van der Waals surface area contributed by atoms with Gasteiger partial charge < -0.3 is 9.64 Å². The molecule has 2 nitrogen and oxygen atoms in total. The lowest BCUT2D eigenvalue weighted by Crippen LogP contribution is -2.11. The van der Waals surface area contributed by atoms with Gasteiger partial charge in [0, 0.05) is 28.1 Å². The normalized spacial score (nSPS) is 11.4. The summed E-state index contributed by atoms with van der Waals surface area (Å²) in [6.45, 7) is 0. The van der Waals surface area contributed by atoms with E-state index in [0.717, 1.165) is 67.5 Å². The highest BCUT2D eigenvalue weighted by Gasteiger charge is 2.28. The van der Waals surface area contributed by atoms with Crippen LogP contribution in [0.15, 0.2) is 224 Å². The summed E-state index contributed by atoms with van der Waals surface area (Å²) < 4.78 is 7.42. The first kappa shape index (κ1) is 33.2. The molecule has 0 aromatic heterocycles. The fourth-order valence-electron chi connectivity index (χ4n) is 7.93. The van der Waals surface area contributed by atoms with Gasteiger partial charge in [0.25, 0.3) is 0 Å². The zero-order valence-electron chi connectivity index (χ0n) is 30.7. The molecule has 56 heavy (non-hydrogen) atoms. The third kappa shape index (κ3) is 6.14. The summed E-state index contributed by atoms with van der Waals surface area (Å²) in [5, 5.41) is 0. The van der Waals surface area contributed by atoms with E-state index >= 15 is 0 Å². The molecule has 0 saturated heterocycles. The summed E-state index contributed by atoms with van der Waals surface area (Å²) in [6, 6.07) is 79.8. The lowest BCUT2D eigenvalue weighted by Gasteiger charge is -2.29. The van der Waals surface area contributed by atoms with Gasteiger partial charge in [0.05, 0.1) is 5.69 Å². The van der Waals surface area contributed by atoms with Crippen LogP contribution in [0.1, 0.15) is 0 Å². The first-order chi connectivity index (χ1) is 27.8. The van der Waals surface area contributed by atoms with E-state index in [1.54, 1.807) is 0 Å². The van der Waals surface area contributed by atoms with E-state index < -0.39 is 0 Å². The molecule has 0 aliphatic carbocycles. The highest BCUT2D eigenvalue weighted by molar-refractivity contribution is 5.99. The van der Waals surface area contributed by atoms with Crippen molar-refractivity contribution in [2.45, 2.75) is 0 Å². The van der Waals surface area contributed by atoms with Gasteiger partial charge in [-0.05, 0) is 86.5 Å². The van der Waals surface area contributed by atoms with Gasteiger partial charge >= 0.3 is 0 Å². The number of anilines is 3. The molecule has 1 aliphatic rings. The first-order valence-corrected chi connectivity index (χ1v) is 19.1. The molecule has 0 spiro atoms. The molecule has 0 unspecified atom stereocenters. The smallest absolute Gasteiger partial charge is 0.159 e. The monoisotopic (exact) mass is 715 g/mol. The highest BCUT2D eigenvalue weighted by Crippen LogP contribution is 2.55. The molecule has 264 valence electrons. The van der Waals surface area contributed by atoms with Crippen LogP contribution in [-0.2, 0) is 0 Å². The average molecular weight is 716 g/mol. The van der Waals surface area contributed by atoms with E-state index in [4.69, 9.17) is 4.74 Å². The molecule has 9 aromatic carbocycles. The third-order valence-corrected chi connectivity index (χ3v) is 10.7. The Morgan fingerprint density at radius 3 is 1.20 bits per heavy atom. The van der Waals surface area contributed by atoms with E-state index in [9.17, 15) is 0 Å². The topological polar surface area (TPSA) is 12.5 Å². The summed E-state index contributed by atoms with van der Waals surface area (Å²) in [4.78, 5) is 2.33. The van der Waals surface area contributed by atoms with Crippen molar-refractivity contribution in [2.75, 3.05) is 4.90 Å². The molecular weight excluding hydrogens is 679 g/mol. The van der Waals surface area contributed by atoms with E-state index in [1.807, 2.05) is 0 Å². The number of nitrogens with zero attached hydrogens (tertiary/aromatic N) is 1. The minimum atomic E-state index is 0.806. The Balaban J connectivity index is 1.20. The summed E-state index contributed by atoms with van der Waals surface area (Å²) in [5.74, 6) is 1.65. The van der Waals surface area contributed by atoms with Crippen molar-refractivity contribution >= 4 is 17.1 Å². The maximum atomic E-state index is 7.42. The average Bonchev–Trinajstić information content (AvgIpc) is 3.43. The zero-order valence-corrected chi connectivity index (χ0v) is 30.7. The molecule has 0 bridgehead atoms. The second-order valence-corrected chi connectivity index (χ2v) is 14.1. The largest absolute Gasteiger partial charge is 0.453 e. The van der Waals surface area contributed by atoms with Gasteiger partial charge in [-0.3, -0.25) is 0 Å². The van der Waals surface area contributed by atoms with Crippen molar-refractivity contribution in [2.24, 2.45) is 0 Å². The number of fused-ring (bicyclic) bond motifs is 5. The minimum absolute atomic E-state index is 0.806. The Morgan fingerprint density at radius 2 is 0.661 bits per heavy atom. The molecule has 0 atom stereocenters. The number of hydrogen-bond donors (Lipinski definition) is 0. The van der Waals surface area contributed by atoms with Gasteiger partial charge in [-0.15, -0.1) is 0 Å². The van der Waals surface area contributed by atoms with Crippen LogP contribution in [0.2, 0.25) is 0 Å². The first-order valence-electron chi connectivity index (χ1n) is 19.1. The molecule has 0 saturated carbocycles. The maximum absolute atomic E-state index is 7.42. The molecule has 2 heteroatoms. The van der Waals surface area contributed by atoms with E-state index in [0.29, 0.717) is 0 Å². The molecular formula is C54H37NO. The number of para-hydroxylation sites is 2. The Bertz CT molecular complexity index is 2700. The minimum Gasteiger partial charge on any atom is -0.453 e. The molecule has 9 aromatic rings. The van der Waals surface area contributed by atoms with Crippen molar-refractivity contribution in [3.8, 4) is 78.3 Å². The van der Waals surface area contributed by atoms with Crippen LogP contribution in [0.25, 0.3) is 66.8 Å². The second-order valence-electron chi connectivity index (χ2n) is 14.1. The molecule has 10 rings (SSSR count). The highest BCUT2D eigenvalue weighted by atomic mass is 16.5. The van der Waals surface area contributed by atoms with Gasteiger partial charge in [-0.25, -0.2) is 0 Å². The Labute approximate surface area is 328 Å². The molecule has 1 heterocycles. The van der Waals surface area contributed by atoms with Crippen LogP contribution >= 0.6 is 0 Å². The van der Waals surface area contributed by atoms with Gasteiger partial charge in [-0.1, -0.05) is 188 Å². The Kier molecular flexibility index (Phi) is 8.55. The van der Waals surface area contributed by atoms with Crippen molar-refractivity contribution in [3.05, 3.63) is 224 Å². The van der Waals surface area contributed by atoms with Crippen molar-refractivity contribution < 1.29 is 4.74 Å². The number of ether oxygens (including phenoxy) is 1. The van der Waals surface area contributed by atoms with Gasteiger partial charge in [-0.2, -0.15) is 0 Å². The summed E-state index contributed by atoms with van der Waals surface area (Å²) >= 11 is 0. The van der Waals surface area contributed by atoms with Crippen LogP contribution in [-0.4, -0.2) is 0 Å². The Morgan fingerprint density at radius 1 is 0.250 bits per heavy atom. The standard InChI is InChI=1S/C54H37NO/c1-5-15-38(16-6-1)41-27-32-45(33-28-41)55(46-34-29-42(30-35-46)39-17-7-2-8-18-39)52-26-14-25-50-51-37-44(40-19-9-3-10-20-40)31-36-48(51)49-24-13-23-47(53(49)56-54(50)52)43-21-11-4-12-22-43/h1-37H. The lowest BCUT2D eigenvalue weighted by molar-refractivity contribution is 0.490. The van der Waals surface area contributed by atoms with Crippen LogP contribution in [0.5, 0.6) is 11.5 Å². The maximum Gasteiger partial charge on any atom is 0.159 e. The summed E-state index contributed by atoms with van der Waals surface area (Å²) in [5.41, 5.74) is 16.6. The SMILES string of the molecule is c1ccc(-c2ccc(N(c3ccc(-c4ccccc4)cc3)c3cccc4c3Oc3c(-c5ccccc5)cccc3-c3ccc(-c5ccccc5)cc3-4)cc2)cc1. The predicted octanol–water partition coefficient (Wildman–Crippen LogP) is 15.3. The molecule has 0 amide bonds. The van der Waals surface area contributed by atoms with E-state index in [1.165, 1.54) is 27.8 Å². The fourth-order valence-corrected chi connectivity index (χ4v) is 7.93. The van der Waals surface area contributed by atoms with Crippen LogP contribution in [0, 0.1) is 0 Å². The van der Waals surface area contributed by atoms with Gasteiger partial charge in [0.15, 0.2) is 5.75 Å². The van der Waals surface area contributed by atoms with Crippen molar-refractivity contribution in [1.29, 1.82) is 0 Å². The van der Waals surface area contributed by atoms with E-state index in [2.05, 4.69) is 229 Å². The van der Waals surface area contributed by atoms with Crippen LogP contribution in [0.4, 0.5) is 17.1 Å². The Hall–Kier alpha value is -7.42. The van der Waals surface area contributed by atoms with Crippen LogP contribution in [0.3, 0.4) is 0 Å². The predicted molar refractivity (Wildman–Crippen MR) is 234 cm³/mol. The molecule has 0 N–H and O–H groups in total. The third-order valence-electron chi connectivity index (χ3n) is 10.7. The number of hydrogen-bond acceptors (Lipinski definition) is 2. The van der Waals surface area contributed by atoms with Gasteiger partial charge in [0.2, 0.25) is 0 Å². The fraction of sp³-hybridized carbons (Fsp3) is 0. The number of benzene rings is 9. The summed E-state index contributed by atoms with van der Waals surface area (Å²) in [7, 11) is 0. The lowest BCUT2D eigenvalue weighted by atomic mass is 9.89.